The number of carbonyl (C=O) groups excluding carboxylic acids is 1. The molecule has 0 amide bonds. The number of carbonyl (C=O) groups is 1. The van der Waals surface area contributed by atoms with Crippen LogP contribution in [0.25, 0.3) is 0 Å². The molecule has 1 rings (SSSR count). The molecule has 3 heteroatoms. The second-order valence-electron chi connectivity index (χ2n) is 5.08. The fourth-order valence-electron chi connectivity index (χ4n) is 2.54. The molecule has 2 atom stereocenters. The van der Waals surface area contributed by atoms with Crippen LogP contribution in [0.1, 0.15) is 33.6 Å². The molecule has 1 aliphatic carbocycles. The van der Waals surface area contributed by atoms with Gasteiger partial charge in [0.1, 0.15) is 5.78 Å². The fourth-order valence-corrected chi connectivity index (χ4v) is 2.54. The van der Waals surface area contributed by atoms with E-state index in [4.69, 9.17) is 9.47 Å². The van der Waals surface area contributed by atoms with Crippen molar-refractivity contribution in [3.8, 4) is 0 Å². The Morgan fingerprint density at radius 2 is 1.80 bits per heavy atom. The highest BCUT2D eigenvalue weighted by Crippen LogP contribution is 2.62. The first-order chi connectivity index (χ1) is 6.93. The van der Waals surface area contributed by atoms with E-state index < -0.39 is 0 Å². The van der Waals surface area contributed by atoms with Gasteiger partial charge < -0.3 is 14.3 Å². The number of hydrogen-bond acceptors (Lipinski definition) is 3. The Morgan fingerprint density at radius 3 is 2.20 bits per heavy atom. The predicted octanol–water partition coefficient (Wildman–Crippen LogP) is 2.25. The summed E-state index contributed by atoms with van der Waals surface area (Å²) >= 11 is 0. The second-order valence-corrected chi connectivity index (χ2v) is 5.08. The molecule has 1 fully saturated rings. The van der Waals surface area contributed by atoms with Gasteiger partial charge in [-0.1, -0.05) is 13.8 Å². The third-order valence-corrected chi connectivity index (χ3v) is 3.77. The lowest BCUT2D eigenvalue weighted by Crippen LogP contribution is -2.14. The molecule has 0 aromatic carbocycles. The molecule has 0 aromatic rings. The van der Waals surface area contributed by atoms with Gasteiger partial charge in [0.2, 0.25) is 0 Å². The van der Waals surface area contributed by atoms with E-state index in [2.05, 4.69) is 13.8 Å². The van der Waals surface area contributed by atoms with Gasteiger partial charge in [-0.3, -0.25) is 0 Å². The molecule has 2 unspecified atom stereocenters. The predicted molar refractivity (Wildman–Crippen MR) is 58.5 cm³/mol. The molecule has 1 saturated carbocycles. The third kappa shape index (κ3) is 2.79. The Kier molecular flexibility index (Phi) is 3.90. The molecule has 0 bridgehead atoms. The van der Waals surface area contributed by atoms with E-state index in [9.17, 15) is 4.79 Å². The van der Waals surface area contributed by atoms with Crippen molar-refractivity contribution in [1.82, 2.24) is 0 Å². The molecule has 0 saturated heterocycles. The molecule has 1 aliphatic rings. The SMILES string of the molecule is COC(CC1C(CC(C)=O)C1(C)C)OC. The highest BCUT2D eigenvalue weighted by molar-refractivity contribution is 5.76. The summed E-state index contributed by atoms with van der Waals surface area (Å²) in [6.45, 7) is 6.09. The van der Waals surface area contributed by atoms with E-state index in [0.717, 1.165) is 6.42 Å². The van der Waals surface area contributed by atoms with Gasteiger partial charge in [0.05, 0.1) is 0 Å². The van der Waals surface area contributed by atoms with Crippen molar-refractivity contribution in [3.05, 3.63) is 0 Å². The van der Waals surface area contributed by atoms with Crippen LogP contribution in [0.2, 0.25) is 0 Å². The summed E-state index contributed by atoms with van der Waals surface area (Å²) in [4.78, 5) is 11.1. The molecule has 0 radical (unpaired) electrons. The second kappa shape index (κ2) is 4.62. The molecule has 0 heterocycles. The minimum Gasteiger partial charge on any atom is -0.356 e. The summed E-state index contributed by atoms with van der Waals surface area (Å²) in [7, 11) is 3.31. The maximum atomic E-state index is 11.1. The molecular weight excluding hydrogens is 192 g/mol. The Labute approximate surface area is 92.1 Å². The summed E-state index contributed by atoms with van der Waals surface area (Å²) in [6.07, 6.45) is 1.45. The Balaban J connectivity index is 2.47. The first-order valence-corrected chi connectivity index (χ1v) is 5.48. The van der Waals surface area contributed by atoms with Gasteiger partial charge in [0, 0.05) is 27.1 Å². The summed E-state index contributed by atoms with van der Waals surface area (Å²) in [6, 6.07) is 0. The standard InChI is InChI=1S/C12H22O3/c1-8(13)6-9-10(12(9,2)3)7-11(14-4)15-5/h9-11H,6-7H2,1-5H3. The molecule has 0 N–H and O–H groups in total. The van der Waals surface area contributed by atoms with Crippen LogP contribution in [0, 0.1) is 17.3 Å². The average Bonchev–Trinajstić information content (AvgIpc) is 2.63. The first-order valence-electron chi connectivity index (χ1n) is 5.48. The molecule has 0 spiro atoms. The van der Waals surface area contributed by atoms with E-state index in [1.54, 1.807) is 21.1 Å². The quantitative estimate of drug-likeness (QED) is 0.636. The van der Waals surface area contributed by atoms with Crippen molar-refractivity contribution in [1.29, 1.82) is 0 Å². The van der Waals surface area contributed by atoms with E-state index in [1.807, 2.05) is 0 Å². The average molecular weight is 214 g/mol. The van der Waals surface area contributed by atoms with Crippen molar-refractivity contribution in [2.75, 3.05) is 14.2 Å². The largest absolute Gasteiger partial charge is 0.356 e. The smallest absolute Gasteiger partial charge is 0.157 e. The zero-order chi connectivity index (χ0) is 11.6. The monoisotopic (exact) mass is 214 g/mol. The van der Waals surface area contributed by atoms with Gasteiger partial charge in [-0.2, -0.15) is 0 Å². The minimum atomic E-state index is -0.133. The normalized spacial score (nSPS) is 28.1. The van der Waals surface area contributed by atoms with E-state index in [-0.39, 0.29) is 17.5 Å². The highest BCUT2D eigenvalue weighted by atomic mass is 16.7. The van der Waals surface area contributed by atoms with Crippen LogP contribution in [0.4, 0.5) is 0 Å². The number of ketones is 1. The van der Waals surface area contributed by atoms with Gasteiger partial charge in [0.15, 0.2) is 6.29 Å². The van der Waals surface area contributed by atoms with Crippen LogP contribution < -0.4 is 0 Å². The summed E-state index contributed by atoms with van der Waals surface area (Å²) in [5, 5.41) is 0. The lowest BCUT2D eigenvalue weighted by Gasteiger charge is -2.13. The van der Waals surface area contributed by atoms with Crippen LogP contribution in [0.3, 0.4) is 0 Å². The van der Waals surface area contributed by atoms with Gasteiger partial charge >= 0.3 is 0 Å². The van der Waals surface area contributed by atoms with Crippen molar-refractivity contribution in [2.24, 2.45) is 17.3 Å². The number of rotatable bonds is 6. The highest BCUT2D eigenvalue weighted by Gasteiger charge is 2.57. The Morgan fingerprint density at radius 1 is 1.27 bits per heavy atom. The van der Waals surface area contributed by atoms with E-state index >= 15 is 0 Å². The van der Waals surface area contributed by atoms with Crippen molar-refractivity contribution in [3.63, 3.8) is 0 Å². The maximum absolute atomic E-state index is 11.1. The summed E-state index contributed by atoms with van der Waals surface area (Å²) in [5.74, 6) is 1.33. The zero-order valence-corrected chi connectivity index (χ0v) is 10.4. The molecule has 0 aliphatic heterocycles. The number of Topliss-reactive ketones (excluding diaryl/α,β-unsaturated/α-hetero) is 1. The molecular formula is C12H22O3. The maximum Gasteiger partial charge on any atom is 0.157 e. The van der Waals surface area contributed by atoms with Crippen LogP contribution in [-0.2, 0) is 14.3 Å². The van der Waals surface area contributed by atoms with Gasteiger partial charge in [-0.25, -0.2) is 0 Å². The third-order valence-electron chi connectivity index (χ3n) is 3.77. The van der Waals surface area contributed by atoms with Gasteiger partial charge in [0.25, 0.3) is 0 Å². The van der Waals surface area contributed by atoms with Gasteiger partial charge in [-0.05, 0) is 24.2 Å². The topological polar surface area (TPSA) is 35.5 Å². The minimum absolute atomic E-state index is 0.133. The first kappa shape index (κ1) is 12.7. The summed E-state index contributed by atoms with van der Waals surface area (Å²) < 4.78 is 10.4. The Hall–Kier alpha value is -0.410. The van der Waals surface area contributed by atoms with Crippen LogP contribution in [0.5, 0.6) is 0 Å². The van der Waals surface area contributed by atoms with Crippen LogP contribution >= 0.6 is 0 Å². The lowest BCUT2D eigenvalue weighted by atomic mass is 10.1. The fraction of sp³-hybridized carbons (Fsp3) is 0.917. The zero-order valence-electron chi connectivity index (χ0n) is 10.4. The number of ether oxygens (including phenoxy) is 2. The number of hydrogen-bond donors (Lipinski definition) is 0. The van der Waals surface area contributed by atoms with Crippen molar-refractivity contribution in [2.45, 2.75) is 39.9 Å². The molecule has 88 valence electrons. The molecule has 15 heavy (non-hydrogen) atoms. The van der Waals surface area contributed by atoms with Crippen molar-refractivity contribution < 1.29 is 14.3 Å². The molecule has 0 aromatic heterocycles. The Bertz CT molecular complexity index is 231. The number of methoxy groups -OCH3 is 2. The summed E-state index contributed by atoms with van der Waals surface area (Å²) in [5.41, 5.74) is 0.265. The van der Waals surface area contributed by atoms with E-state index in [0.29, 0.717) is 18.3 Å². The van der Waals surface area contributed by atoms with Crippen LogP contribution in [0.15, 0.2) is 0 Å². The molecule has 3 nitrogen and oxygen atoms in total. The lowest BCUT2D eigenvalue weighted by molar-refractivity contribution is -0.118. The van der Waals surface area contributed by atoms with Crippen molar-refractivity contribution >= 4 is 5.78 Å². The van der Waals surface area contributed by atoms with Gasteiger partial charge in [-0.15, -0.1) is 0 Å². The van der Waals surface area contributed by atoms with E-state index in [1.165, 1.54) is 0 Å². The van der Waals surface area contributed by atoms with Crippen LogP contribution in [-0.4, -0.2) is 26.3 Å².